The van der Waals surface area contributed by atoms with E-state index in [1.165, 1.54) is 0 Å². The number of rotatable bonds is 6. The van der Waals surface area contributed by atoms with Crippen LogP contribution in [0.3, 0.4) is 0 Å². The third-order valence-corrected chi connectivity index (χ3v) is 6.11. The first-order chi connectivity index (χ1) is 16.0. The van der Waals surface area contributed by atoms with Crippen molar-refractivity contribution in [3.63, 3.8) is 0 Å². The van der Waals surface area contributed by atoms with E-state index in [-0.39, 0.29) is 12.2 Å². The molecule has 3 aromatic heterocycles. The van der Waals surface area contributed by atoms with Crippen molar-refractivity contribution in [2.45, 2.75) is 13.0 Å². The number of piperazine rings is 1. The minimum absolute atomic E-state index is 0.000193. The van der Waals surface area contributed by atoms with Crippen molar-refractivity contribution in [1.29, 1.82) is 0 Å². The lowest BCUT2D eigenvalue weighted by molar-refractivity contribution is 0.0990. The van der Waals surface area contributed by atoms with E-state index in [0.29, 0.717) is 11.4 Å². The third-order valence-electron chi connectivity index (χ3n) is 6.11. The maximum atomic E-state index is 13.0. The van der Waals surface area contributed by atoms with Gasteiger partial charge < -0.3 is 4.90 Å². The molecule has 0 N–H and O–H groups in total. The standard InChI is InChI=1S/C25H27N7O/c1-30-7-9-32(10-8-30)17-22-11-19(5-6-26-22)24(33)13-25-27-14-20-4-3-18(12-23(20)29-25)21-15-28-31(2)16-21/h3-6,11-12,14-16H,7-10,13,17H2,1-2H3. The van der Waals surface area contributed by atoms with E-state index >= 15 is 0 Å². The summed E-state index contributed by atoms with van der Waals surface area (Å²) >= 11 is 0. The number of nitrogens with zero attached hydrogens (tertiary/aromatic N) is 7. The molecular formula is C25H27N7O. The molecule has 1 saturated heterocycles. The summed E-state index contributed by atoms with van der Waals surface area (Å²) in [6, 6.07) is 9.73. The average Bonchev–Trinajstić information content (AvgIpc) is 3.26. The van der Waals surface area contributed by atoms with E-state index in [0.717, 1.165) is 60.4 Å². The first-order valence-electron chi connectivity index (χ1n) is 11.2. The van der Waals surface area contributed by atoms with Gasteiger partial charge >= 0.3 is 0 Å². The fourth-order valence-corrected chi connectivity index (χ4v) is 4.12. The van der Waals surface area contributed by atoms with Gasteiger partial charge in [-0.3, -0.25) is 19.4 Å². The van der Waals surface area contributed by atoms with Gasteiger partial charge in [-0.25, -0.2) is 9.97 Å². The zero-order valence-electron chi connectivity index (χ0n) is 19.0. The number of aryl methyl sites for hydroxylation is 1. The first kappa shape index (κ1) is 21.4. The van der Waals surface area contributed by atoms with Gasteiger partial charge in [0, 0.05) is 74.9 Å². The number of carbonyl (C=O) groups excluding carboxylic acids is 1. The van der Waals surface area contributed by atoms with Crippen molar-refractivity contribution in [2.75, 3.05) is 33.2 Å². The summed E-state index contributed by atoms with van der Waals surface area (Å²) in [6.07, 6.45) is 7.46. The van der Waals surface area contributed by atoms with E-state index in [4.69, 9.17) is 0 Å². The van der Waals surface area contributed by atoms with E-state index in [1.807, 2.05) is 43.7 Å². The quantitative estimate of drug-likeness (QED) is 0.426. The van der Waals surface area contributed by atoms with Crippen LogP contribution in [0.2, 0.25) is 0 Å². The highest BCUT2D eigenvalue weighted by atomic mass is 16.1. The van der Waals surface area contributed by atoms with Crippen molar-refractivity contribution in [1.82, 2.24) is 34.5 Å². The summed E-state index contributed by atoms with van der Waals surface area (Å²) in [4.78, 5) is 31.3. The summed E-state index contributed by atoms with van der Waals surface area (Å²) in [5.41, 5.74) is 4.46. The van der Waals surface area contributed by atoms with E-state index < -0.39 is 0 Å². The Bertz CT molecular complexity index is 1290. The monoisotopic (exact) mass is 441 g/mol. The molecule has 4 heterocycles. The largest absolute Gasteiger partial charge is 0.304 e. The molecule has 168 valence electrons. The highest BCUT2D eigenvalue weighted by molar-refractivity contribution is 5.97. The van der Waals surface area contributed by atoms with Gasteiger partial charge in [0.15, 0.2) is 5.78 Å². The molecule has 1 aliphatic rings. The number of pyridine rings is 1. The van der Waals surface area contributed by atoms with Crippen LogP contribution in [-0.4, -0.2) is 73.5 Å². The molecule has 4 aromatic rings. The second-order valence-corrected chi connectivity index (χ2v) is 8.68. The van der Waals surface area contributed by atoms with Gasteiger partial charge in [0.05, 0.1) is 23.8 Å². The van der Waals surface area contributed by atoms with Crippen LogP contribution in [0.4, 0.5) is 0 Å². The van der Waals surface area contributed by atoms with E-state index in [2.05, 4.69) is 36.9 Å². The molecule has 0 radical (unpaired) electrons. The number of fused-ring (bicyclic) bond motifs is 1. The zero-order valence-corrected chi connectivity index (χ0v) is 19.0. The Balaban J connectivity index is 1.31. The minimum Gasteiger partial charge on any atom is -0.304 e. The molecule has 0 atom stereocenters. The molecule has 8 heteroatoms. The zero-order chi connectivity index (χ0) is 22.8. The van der Waals surface area contributed by atoms with Crippen molar-refractivity contribution in [3.8, 4) is 11.1 Å². The maximum absolute atomic E-state index is 13.0. The van der Waals surface area contributed by atoms with Gasteiger partial charge in [0.1, 0.15) is 5.82 Å². The lowest BCUT2D eigenvalue weighted by Gasteiger charge is -2.32. The molecule has 5 rings (SSSR count). The maximum Gasteiger partial charge on any atom is 0.170 e. The molecule has 0 saturated carbocycles. The van der Waals surface area contributed by atoms with Crippen LogP contribution in [0.25, 0.3) is 22.0 Å². The van der Waals surface area contributed by atoms with E-state index in [1.54, 1.807) is 23.1 Å². The fourth-order valence-electron chi connectivity index (χ4n) is 4.12. The van der Waals surface area contributed by atoms with E-state index in [9.17, 15) is 4.79 Å². The number of carbonyl (C=O) groups is 1. The molecular weight excluding hydrogens is 414 g/mol. The predicted molar refractivity (Wildman–Crippen MR) is 127 cm³/mol. The van der Waals surface area contributed by atoms with Gasteiger partial charge in [-0.1, -0.05) is 12.1 Å². The molecule has 1 aromatic carbocycles. The topological polar surface area (TPSA) is 80.0 Å². The Labute approximate surface area is 192 Å². The highest BCUT2D eigenvalue weighted by Crippen LogP contribution is 2.23. The van der Waals surface area contributed by atoms with Crippen LogP contribution in [0.1, 0.15) is 21.9 Å². The number of aromatic nitrogens is 5. The summed E-state index contributed by atoms with van der Waals surface area (Å²) in [6.45, 7) is 4.91. The second kappa shape index (κ2) is 9.17. The smallest absolute Gasteiger partial charge is 0.170 e. The third kappa shape index (κ3) is 4.97. The summed E-state index contributed by atoms with van der Waals surface area (Å²) < 4.78 is 1.77. The van der Waals surface area contributed by atoms with Crippen molar-refractivity contribution in [3.05, 3.63) is 72.2 Å². The SMILES string of the molecule is CN1CCN(Cc2cc(C(=O)Cc3ncc4ccc(-c5cnn(C)c5)cc4n3)ccn2)CC1. The lowest BCUT2D eigenvalue weighted by atomic mass is 10.1. The molecule has 0 unspecified atom stereocenters. The summed E-state index contributed by atoms with van der Waals surface area (Å²) in [5.74, 6) is 0.521. The molecule has 0 aliphatic carbocycles. The predicted octanol–water partition coefficient (Wildman–Crippen LogP) is 2.60. The van der Waals surface area contributed by atoms with Crippen LogP contribution in [0.5, 0.6) is 0 Å². The number of benzene rings is 1. The Morgan fingerprint density at radius 2 is 1.82 bits per heavy atom. The van der Waals surface area contributed by atoms with Gasteiger partial charge in [-0.15, -0.1) is 0 Å². The molecule has 1 aliphatic heterocycles. The van der Waals surface area contributed by atoms with Gasteiger partial charge in [-0.05, 0) is 30.8 Å². The van der Waals surface area contributed by atoms with Gasteiger partial charge in [-0.2, -0.15) is 5.10 Å². The fraction of sp³-hybridized carbons (Fsp3) is 0.320. The molecule has 0 spiro atoms. The second-order valence-electron chi connectivity index (χ2n) is 8.68. The Morgan fingerprint density at radius 1 is 0.970 bits per heavy atom. The number of hydrogen-bond donors (Lipinski definition) is 0. The van der Waals surface area contributed by atoms with Gasteiger partial charge in [0.2, 0.25) is 0 Å². The number of ketones is 1. The minimum atomic E-state index is -0.000193. The summed E-state index contributed by atoms with van der Waals surface area (Å²) in [7, 11) is 4.04. The number of likely N-dealkylation sites (N-methyl/N-ethyl adjacent to an activating group) is 1. The van der Waals surface area contributed by atoms with Crippen molar-refractivity contribution in [2.24, 2.45) is 7.05 Å². The lowest BCUT2D eigenvalue weighted by Crippen LogP contribution is -2.44. The van der Waals surface area contributed by atoms with Crippen LogP contribution in [0, 0.1) is 0 Å². The molecule has 33 heavy (non-hydrogen) atoms. The molecule has 8 nitrogen and oxygen atoms in total. The Hall–Kier alpha value is -3.49. The number of hydrogen-bond acceptors (Lipinski definition) is 7. The Morgan fingerprint density at radius 3 is 2.61 bits per heavy atom. The first-order valence-corrected chi connectivity index (χ1v) is 11.2. The normalized spacial score (nSPS) is 15.2. The summed E-state index contributed by atoms with van der Waals surface area (Å²) in [5, 5.41) is 5.18. The highest BCUT2D eigenvalue weighted by Gasteiger charge is 2.16. The van der Waals surface area contributed by atoms with Crippen molar-refractivity contribution >= 4 is 16.7 Å². The molecule has 0 amide bonds. The average molecular weight is 442 g/mol. The molecule has 1 fully saturated rings. The van der Waals surface area contributed by atoms with Gasteiger partial charge in [0.25, 0.3) is 0 Å². The van der Waals surface area contributed by atoms with Crippen LogP contribution in [0.15, 0.2) is 55.1 Å². The Kier molecular flexibility index (Phi) is 5.93. The van der Waals surface area contributed by atoms with Crippen LogP contribution in [-0.2, 0) is 20.0 Å². The van der Waals surface area contributed by atoms with Crippen LogP contribution < -0.4 is 0 Å². The van der Waals surface area contributed by atoms with Crippen LogP contribution >= 0.6 is 0 Å². The molecule has 0 bridgehead atoms. The van der Waals surface area contributed by atoms with Crippen molar-refractivity contribution < 1.29 is 4.79 Å². The number of Topliss-reactive ketones (excluding diaryl/α,β-unsaturated/α-hetero) is 1.